The summed E-state index contributed by atoms with van der Waals surface area (Å²) < 4.78 is 1.08. The summed E-state index contributed by atoms with van der Waals surface area (Å²) in [5.41, 5.74) is 1.48. The first-order chi connectivity index (χ1) is 11.6. The number of hydrogen-bond donors (Lipinski definition) is 2. The molecule has 0 bridgehead atoms. The number of aryl methyl sites for hydroxylation is 1. The van der Waals surface area contributed by atoms with E-state index in [1.54, 1.807) is 41.7 Å². The Kier molecular flexibility index (Phi) is 4.86. The Bertz CT molecular complexity index is 828. The van der Waals surface area contributed by atoms with Gasteiger partial charge < -0.3 is 10.4 Å². The predicted molar refractivity (Wildman–Crippen MR) is 92.9 cm³/mol. The van der Waals surface area contributed by atoms with Crippen LogP contribution in [-0.2, 0) is 16.0 Å². The molecule has 1 atom stereocenters. The van der Waals surface area contributed by atoms with Gasteiger partial charge in [0.2, 0.25) is 5.91 Å². The molecule has 2 N–H and O–H groups in total. The third-order valence-corrected chi connectivity index (χ3v) is 4.69. The zero-order valence-corrected chi connectivity index (χ0v) is 13.6. The monoisotopic (exact) mass is 340 g/mol. The van der Waals surface area contributed by atoms with Crippen LogP contribution in [0.4, 0.5) is 0 Å². The van der Waals surface area contributed by atoms with Crippen molar-refractivity contribution in [1.82, 2.24) is 10.3 Å². The molecule has 24 heavy (non-hydrogen) atoms. The van der Waals surface area contributed by atoms with Crippen molar-refractivity contribution in [1.29, 1.82) is 0 Å². The number of carbonyl (C=O) groups is 2. The number of thiazole rings is 1. The van der Waals surface area contributed by atoms with E-state index in [-0.39, 0.29) is 12.3 Å². The largest absolute Gasteiger partial charge is 0.479 e. The molecule has 0 saturated heterocycles. The summed E-state index contributed by atoms with van der Waals surface area (Å²) in [5.74, 6) is -1.37. The average Bonchev–Trinajstić information content (AvgIpc) is 3.01. The van der Waals surface area contributed by atoms with Crippen LogP contribution >= 0.6 is 11.3 Å². The van der Waals surface area contributed by atoms with Gasteiger partial charge in [-0.15, -0.1) is 11.3 Å². The van der Waals surface area contributed by atoms with Crippen molar-refractivity contribution in [3.05, 3.63) is 65.2 Å². The van der Waals surface area contributed by atoms with Gasteiger partial charge in [-0.3, -0.25) is 4.79 Å². The number of amides is 1. The molecule has 2 aromatic carbocycles. The van der Waals surface area contributed by atoms with Crippen molar-refractivity contribution in [2.75, 3.05) is 0 Å². The third-order valence-electron chi connectivity index (χ3n) is 3.59. The Morgan fingerprint density at radius 1 is 1.08 bits per heavy atom. The molecule has 3 aromatic rings. The summed E-state index contributed by atoms with van der Waals surface area (Å²) in [6, 6.07) is 15.4. The van der Waals surface area contributed by atoms with Gasteiger partial charge in [0.15, 0.2) is 6.04 Å². The quantitative estimate of drug-likeness (QED) is 0.722. The molecule has 0 fully saturated rings. The van der Waals surface area contributed by atoms with Crippen LogP contribution in [0.3, 0.4) is 0 Å². The summed E-state index contributed by atoms with van der Waals surface area (Å²) in [5, 5.41) is 12.8. The summed E-state index contributed by atoms with van der Waals surface area (Å²) >= 11 is 1.55. The number of para-hydroxylation sites is 1. The van der Waals surface area contributed by atoms with E-state index in [1.165, 1.54) is 0 Å². The lowest BCUT2D eigenvalue weighted by Crippen LogP contribution is -2.33. The van der Waals surface area contributed by atoms with Gasteiger partial charge in [-0.05, 0) is 17.7 Å². The van der Waals surface area contributed by atoms with E-state index >= 15 is 0 Å². The number of carboxylic acid groups (broad SMARTS) is 1. The number of benzene rings is 2. The number of aromatic nitrogens is 1. The molecule has 1 unspecified atom stereocenters. The maximum Gasteiger partial charge on any atom is 0.330 e. The highest BCUT2D eigenvalue weighted by Crippen LogP contribution is 2.22. The number of carboxylic acids is 1. The van der Waals surface area contributed by atoms with Crippen LogP contribution in [0.5, 0.6) is 0 Å². The SMILES string of the molecule is O=C(CCc1nc2ccccc2s1)NC(C(=O)O)c1ccccc1. The second-order valence-electron chi connectivity index (χ2n) is 5.32. The van der Waals surface area contributed by atoms with Gasteiger partial charge in [0, 0.05) is 12.8 Å². The van der Waals surface area contributed by atoms with E-state index in [4.69, 9.17) is 0 Å². The molecular weight excluding hydrogens is 324 g/mol. The number of rotatable bonds is 6. The minimum Gasteiger partial charge on any atom is -0.479 e. The Balaban J connectivity index is 1.62. The smallest absolute Gasteiger partial charge is 0.330 e. The van der Waals surface area contributed by atoms with Gasteiger partial charge in [-0.2, -0.15) is 0 Å². The molecule has 3 rings (SSSR count). The number of hydrogen-bond acceptors (Lipinski definition) is 4. The van der Waals surface area contributed by atoms with Gasteiger partial charge in [0.1, 0.15) is 0 Å². The molecule has 1 aromatic heterocycles. The first kappa shape index (κ1) is 16.1. The fourth-order valence-electron chi connectivity index (χ4n) is 2.41. The van der Waals surface area contributed by atoms with Crippen molar-refractivity contribution in [3.8, 4) is 0 Å². The lowest BCUT2D eigenvalue weighted by atomic mass is 10.1. The maximum atomic E-state index is 12.1. The van der Waals surface area contributed by atoms with Crippen molar-refractivity contribution in [3.63, 3.8) is 0 Å². The Morgan fingerprint density at radius 3 is 2.50 bits per heavy atom. The van der Waals surface area contributed by atoms with Crippen LogP contribution in [0.25, 0.3) is 10.2 Å². The summed E-state index contributed by atoms with van der Waals surface area (Å²) in [6.07, 6.45) is 0.697. The molecule has 122 valence electrons. The lowest BCUT2D eigenvalue weighted by Gasteiger charge is -2.14. The van der Waals surface area contributed by atoms with Crippen LogP contribution in [-0.4, -0.2) is 22.0 Å². The van der Waals surface area contributed by atoms with Gasteiger partial charge in [0.25, 0.3) is 0 Å². The minimum atomic E-state index is -1.07. The number of aliphatic carboxylic acids is 1. The number of fused-ring (bicyclic) bond motifs is 1. The zero-order valence-electron chi connectivity index (χ0n) is 12.8. The Morgan fingerprint density at radius 2 is 1.79 bits per heavy atom. The number of carbonyl (C=O) groups excluding carboxylic acids is 1. The van der Waals surface area contributed by atoms with Crippen LogP contribution < -0.4 is 5.32 Å². The van der Waals surface area contributed by atoms with Crippen molar-refractivity contribution < 1.29 is 14.7 Å². The number of nitrogens with one attached hydrogen (secondary N) is 1. The second kappa shape index (κ2) is 7.23. The molecule has 0 saturated carbocycles. The van der Waals surface area contributed by atoms with E-state index in [0.29, 0.717) is 12.0 Å². The van der Waals surface area contributed by atoms with Crippen molar-refractivity contribution >= 4 is 33.4 Å². The zero-order chi connectivity index (χ0) is 16.9. The highest BCUT2D eigenvalue weighted by Gasteiger charge is 2.21. The van der Waals surface area contributed by atoms with E-state index in [9.17, 15) is 14.7 Å². The molecule has 5 nitrogen and oxygen atoms in total. The molecule has 1 heterocycles. The standard InChI is InChI=1S/C18H16N2O3S/c21-15(20-17(18(22)23)12-6-2-1-3-7-12)10-11-16-19-13-8-4-5-9-14(13)24-16/h1-9,17H,10-11H2,(H,20,21)(H,22,23). The fourth-order valence-corrected chi connectivity index (χ4v) is 3.38. The number of nitrogens with zero attached hydrogens (tertiary/aromatic N) is 1. The summed E-state index contributed by atoms with van der Waals surface area (Å²) in [7, 11) is 0. The van der Waals surface area contributed by atoms with E-state index in [2.05, 4.69) is 10.3 Å². The molecule has 0 radical (unpaired) electrons. The average molecular weight is 340 g/mol. The Labute approximate surface area is 143 Å². The lowest BCUT2D eigenvalue weighted by molar-refractivity contribution is -0.142. The van der Waals surface area contributed by atoms with Crippen molar-refractivity contribution in [2.45, 2.75) is 18.9 Å². The topological polar surface area (TPSA) is 79.3 Å². The molecule has 0 aliphatic rings. The second-order valence-corrected chi connectivity index (χ2v) is 6.44. The van der Waals surface area contributed by atoms with Crippen LogP contribution in [0.15, 0.2) is 54.6 Å². The fraction of sp³-hybridized carbons (Fsp3) is 0.167. The summed E-state index contributed by atoms with van der Waals surface area (Å²) in [6.45, 7) is 0. The van der Waals surface area contributed by atoms with Crippen molar-refractivity contribution in [2.24, 2.45) is 0 Å². The molecule has 0 aliphatic heterocycles. The first-order valence-electron chi connectivity index (χ1n) is 7.55. The maximum absolute atomic E-state index is 12.1. The minimum absolute atomic E-state index is 0.205. The normalized spacial score (nSPS) is 12.0. The van der Waals surface area contributed by atoms with Gasteiger partial charge >= 0.3 is 5.97 Å². The highest BCUT2D eigenvalue weighted by atomic mass is 32.1. The van der Waals surface area contributed by atoms with Gasteiger partial charge in [-0.25, -0.2) is 9.78 Å². The molecule has 0 spiro atoms. The molecule has 0 aliphatic carbocycles. The molecular formula is C18H16N2O3S. The predicted octanol–water partition coefficient (Wildman–Crippen LogP) is 3.17. The first-order valence-corrected chi connectivity index (χ1v) is 8.36. The molecule has 1 amide bonds. The third kappa shape index (κ3) is 3.78. The molecule has 6 heteroatoms. The van der Waals surface area contributed by atoms with Gasteiger partial charge in [0.05, 0.1) is 15.2 Å². The van der Waals surface area contributed by atoms with E-state index in [1.807, 2.05) is 24.3 Å². The van der Waals surface area contributed by atoms with E-state index < -0.39 is 12.0 Å². The van der Waals surface area contributed by atoms with E-state index in [0.717, 1.165) is 15.2 Å². The highest BCUT2D eigenvalue weighted by molar-refractivity contribution is 7.18. The summed E-state index contributed by atoms with van der Waals surface area (Å²) in [4.78, 5) is 28.0. The van der Waals surface area contributed by atoms with Crippen LogP contribution in [0.1, 0.15) is 23.0 Å². The Hall–Kier alpha value is -2.73. The van der Waals surface area contributed by atoms with Crippen LogP contribution in [0.2, 0.25) is 0 Å². The van der Waals surface area contributed by atoms with Gasteiger partial charge in [-0.1, -0.05) is 42.5 Å². The van der Waals surface area contributed by atoms with Crippen LogP contribution in [0, 0.1) is 0 Å².